The van der Waals surface area contributed by atoms with E-state index in [1.807, 2.05) is 97.1 Å². The fourth-order valence-electron chi connectivity index (χ4n) is 3.23. The van der Waals surface area contributed by atoms with E-state index in [-0.39, 0.29) is 0 Å². The highest BCUT2D eigenvalue weighted by Crippen LogP contribution is 2.32. The summed E-state index contributed by atoms with van der Waals surface area (Å²) in [5, 5.41) is 0.660. The largest absolute Gasteiger partial charge is 0.497 e. The first-order valence-electron chi connectivity index (χ1n) is 10.5. The quantitative estimate of drug-likeness (QED) is 0.352. The lowest BCUT2D eigenvalue weighted by Gasteiger charge is -2.17. The Balaban J connectivity index is 0.000000658. The van der Waals surface area contributed by atoms with Crippen LogP contribution in [0.15, 0.2) is 95.4 Å². The molecule has 0 aliphatic heterocycles. The van der Waals surface area contributed by atoms with Crippen LogP contribution >= 0.6 is 11.6 Å². The van der Waals surface area contributed by atoms with Gasteiger partial charge >= 0.3 is 11.5 Å². The van der Waals surface area contributed by atoms with Gasteiger partial charge in [-0.15, -0.1) is 10.2 Å². The highest BCUT2D eigenvalue weighted by Gasteiger charge is 2.20. The smallest absolute Gasteiger partial charge is 0.361 e. The zero-order valence-electron chi connectivity index (χ0n) is 19.4. The maximum Gasteiger partial charge on any atom is 0.361 e. The van der Waals surface area contributed by atoms with Crippen molar-refractivity contribution >= 4 is 22.7 Å². The summed E-state index contributed by atoms with van der Waals surface area (Å²) in [5.41, 5.74) is 3.79. The van der Waals surface area contributed by atoms with Gasteiger partial charge in [-0.2, -0.15) is 0 Å². The molecule has 0 radical (unpaired) electrons. The van der Waals surface area contributed by atoms with E-state index >= 15 is 0 Å². The van der Waals surface area contributed by atoms with Crippen molar-refractivity contribution < 1.29 is 42.8 Å². The zero-order chi connectivity index (χ0) is 26.1. The molecule has 0 aliphatic rings. The van der Waals surface area contributed by atoms with E-state index in [1.165, 1.54) is 0 Å². The van der Waals surface area contributed by atoms with Crippen molar-refractivity contribution in [2.75, 3.05) is 14.2 Å². The summed E-state index contributed by atoms with van der Waals surface area (Å²) in [6.07, 6.45) is 1.95. The molecule has 0 unspecified atom stereocenters. The molecule has 1 heterocycles. The molecule has 0 atom stereocenters. The van der Waals surface area contributed by atoms with Crippen molar-refractivity contribution in [3.05, 3.63) is 102 Å². The first kappa shape index (κ1) is 27.2. The van der Waals surface area contributed by atoms with Gasteiger partial charge in [-0.3, -0.25) is 0 Å². The van der Waals surface area contributed by atoms with Gasteiger partial charge < -0.3 is 9.47 Å². The number of hydrogen-bond acceptors (Lipinski definition) is 6. The van der Waals surface area contributed by atoms with E-state index in [0.717, 1.165) is 45.3 Å². The third kappa shape index (κ3) is 8.35. The fraction of sp³-hybridized carbons (Fsp3) is 0.0741. The highest BCUT2D eigenvalue weighted by molar-refractivity contribution is 6.51. The molecule has 0 bridgehead atoms. The van der Waals surface area contributed by atoms with Gasteiger partial charge in [-0.1, -0.05) is 41.9 Å². The van der Waals surface area contributed by atoms with Gasteiger partial charge in [0, 0.05) is 5.03 Å². The van der Waals surface area contributed by atoms with E-state index in [4.69, 9.17) is 44.1 Å². The number of halogens is 2. The average Bonchev–Trinajstić information content (AvgIpc) is 2.88. The topological polar surface area (TPSA) is 122 Å². The summed E-state index contributed by atoms with van der Waals surface area (Å²) in [6, 6.07) is 29.4. The normalized spacial score (nSPS) is 11.4. The minimum atomic E-state index is -4.94. The molecule has 0 spiro atoms. The van der Waals surface area contributed by atoms with Crippen LogP contribution in [0, 0.1) is 10.2 Å². The highest BCUT2D eigenvalue weighted by atomic mass is 35.7. The molecule has 0 amide bonds. The third-order valence-electron chi connectivity index (χ3n) is 4.91. The monoisotopic (exact) mass is 528 g/mol. The molecule has 0 aliphatic carbocycles. The van der Waals surface area contributed by atoms with Gasteiger partial charge in [0.25, 0.3) is 0 Å². The van der Waals surface area contributed by atoms with Gasteiger partial charge in [-0.25, -0.2) is 23.1 Å². The van der Waals surface area contributed by atoms with Crippen molar-refractivity contribution in [2.45, 2.75) is 0 Å². The third-order valence-corrected chi connectivity index (χ3v) is 5.23. The summed E-state index contributed by atoms with van der Waals surface area (Å²) in [4.78, 5) is 0. The second-order valence-electron chi connectivity index (χ2n) is 7.31. The minimum Gasteiger partial charge on any atom is -0.497 e. The second kappa shape index (κ2) is 12.5. The lowest BCUT2D eigenvalue weighted by Crippen LogP contribution is -2.68. The Labute approximate surface area is 215 Å². The van der Waals surface area contributed by atoms with Crippen LogP contribution in [-0.4, -0.2) is 14.2 Å². The Kier molecular flexibility index (Phi) is 9.44. The summed E-state index contributed by atoms with van der Waals surface area (Å²) in [7, 11) is -1.64. The van der Waals surface area contributed by atoms with Crippen LogP contribution in [0.25, 0.3) is 33.8 Å². The van der Waals surface area contributed by atoms with Crippen LogP contribution in [0.2, 0.25) is 0 Å². The fourth-order valence-corrected chi connectivity index (χ4v) is 3.48. The van der Waals surface area contributed by atoms with Gasteiger partial charge in [0.1, 0.15) is 11.5 Å². The molecular formula is C27H22Cl2O7. The zero-order valence-corrected chi connectivity index (χ0v) is 20.9. The SMILES string of the molecule is COc1ccc(-c2cc(/C=C(\Cl)c3ccccc3)cc(-c3ccc(OC)cc3)[o+]2)cc1.[O-][Cl+3]([O-])([O-])[O-]. The Morgan fingerprint density at radius 3 is 1.53 bits per heavy atom. The molecule has 4 rings (SSSR count). The summed E-state index contributed by atoms with van der Waals surface area (Å²) in [5.74, 6) is 3.06. The molecule has 9 heteroatoms. The molecule has 7 nitrogen and oxygen atoms in total. The van der Waals surface area contributed by atoms with Crippen LogP contribution in [0.5, 0.6) is 11.5 Å². The van der Waals surface area contributed by atoms with Crippen molar-refractivity contribution in [3.8, 4) is 34.1 Å². The molecule has 0 N–H and O–H groups in total. The van der Waals surface area contributed by atoms with E-state index in [9.17, 15) is 0 Å². The summed E-state index contributed by atoms with van der Waals surface area (Å²) < 4.78 is 50.8. The van der Waals surface area contributed by atoms with Crippen molar-refractivity contribution in [1.29, 1.82) is 0 Å². The second-order valence-corrected chi connectivity index (χ2v) is 8.48. The van der Waals surface area contributed by atoms with Gasteiger partial charge in [0.15, 0.2) is 0 Å². The number of hydrogen-bond donors (Lipinski definition) is 0. The van der Waals surface area contributed by atoms with Crippen molar-refractivity contribution in [3.63, 3.8) is 0 Å². The van der Waals surface area contributed by atoms with E-state index in [2.05, 4.69) is 0 Å². The van der Waals surface area contributed by atoms with Crippen LogP contribution < -0.4 is 28.1 Å². The van der Waals surface area contributed by atoms with Gasteiger partial charge in [-0.05, 0) is 65.7 Å². The average molecular weight is 529 g/mol. The van der Waals surface area contributed by atoms with Crippen molar-refractivity contribution in [1.82, 2.24) is 0 Å². The Morgan fingerprint density at radius 2 is 1.14 bits per heavy atom. The number of benzene rings is 3. The molecule has 186 valence electrons. The Hall–Kier alpha value is -3.43. The molecule has 0 fully saturated rings. The molecule has 3 aromatic carbocycles. The van der Waals surface area contributed by atoms with Gasteiger partial charge in [0.2, 0.25) is 0 Å². The maximum atomic E-state index is 8.49. The lowest BCUT2D eigenvalue weighted by atomic mass is 10.1. The maximum absolute atomic E-state index is 8.49. The van der Waals surface area contributed by atoms with E-state index in [0.29, 0.717) is 5.03 Å². The standard InChI is InChI=1S/C27H22ClO3.ClHO4/c1-29-23-12-8-21(9-13-23)26-17-19(16-25(28)20-6-4-3-5-7-20)18-27(31-26)22-10-14-24(30-2)15-11-22;2-1(3,4)5/h3-18H,1-2H3;(H,2,3,4,5)/q+1;/p-1/b25-16-;. The van der Waals surface area contributed by atoms with E-state index < -0.39 is 10.2 Å². The molecule has 1 aromatic heterocycles. The predicted molar refractivity (Wildman–Crippen MR) is 127 cm³/mol. The lowest BCUT2D eigenvalue weighted by molar-refractivity contribution is -2.00. The van der Waals surface area contributed by atoms with Crippen LogP contribution in [0.4, 0.5) is 0 Å². The number of ether oxygens (including phenoxy) is 2. The van der Waals surface area contributed by atoms with Crippen molar-refractivity contribution in [2.24, 2.45) is 0 Å². The molecular weight excluding hydrogens is 507 g/mol. The molecule has 4 aromatic rings. The van der Waals surface area contributed by atoms with Crippen LogP contribution in [0.3, 0.4) is 0 Å². The predicted octanol–water partition coefficient (Wildman–Crippen LogP) is 2.89. The van der Waals surface area contributed by atoms with Crippen LogP contribution in [-0.2, 0) is 0 Å². The number of rotatable bonds is 6. The van der Waals surface area contributed by atoms with Crippen LogP contribution in [0.1, 0.15) is 11.1 Å². The molecule has 36 heavy (non-hydrogen) atoms. The summed E-state index contributed by atoms with van der Waals surface area (Å²) in [6.45, 7) is 0. The number of methoxy groups -OCH3 is 2. The first-order valence-corrected chi connectivity index (χ1v) is 12.1. The minimum absolute atomic E-state index is 0.660. The van der Waals surface area contributed by atoms with E-state index in [1.54, 1.807) is 14.2 Å². The molecule has 0 saturated carbocycles. The van der Waals surface area contributed by atoms with Gasteiger partial charge in [0.05, 0.1) is 37.5 Å². The Bertz CT molecular complexity index is 1210. The first-order chi connectivity index (χ1) is 17.2. The molecule has 0 saturated heterocycles. The Morgan fingerprint density at radius 1 is 0.722 bits per heavy atom. The summed E-state index contributed by atoms with van der Waals surface area (Å²) >= 11 is 6.61.